The summed E-state index contributed by atoms with van der Waals surface area (Å²) in [7, 11) is 0.0744. The summed E-state index contributed by atoms with van der Waals surface area (Å²) >= 11 is 0. The van der Waals surface area contributed by atoms with Gasteiger partial charge in [-0.3, -0.25) is 4.79 Å². The van der Waals surface area contributed by atoms with Crippen molar-refractivity contribution < 1.29 is 22.7 Å². The van der Waals surface area contributed by atoms with Crippen molar-refractivity contribution in [1.29, 1.82) is 0 Å². The molecule has 140 valence electrons. The van der Waals surface area contributed by atoms with Gasteiger partial charge in [-0.2, -0.15) is 0 Å². The Morgan fingerprint density at radius 3 is 2.44 bits per heavy atom. The van der Waals surface area contributed by atoms with Crippen LogP contribution in [0, 0.1) is 5.92 Å². The summed E-state index contributed by atoms with van der Waals surface area (Å²) in [6.45, 7) is 4.34. The summed E-state index contributed by atoms with van der Waals surface area (Å²) in [6, 6.07) is 5.24. The van der Waals surface area contributed by atoms with Crippen LogP contribution in [0.25, 0.3) is 0 Å². The van der Waals surface area contributed by atoms with Crippen molar-refractivity contribution in [3.05, 3.63) is 23.8 Å². The van der Waals surface area contributed by atoms with E-state index < -0.39 is 9.84 Å². The largest absolute Gasteiger partial charge is 0.493 e. The zero-order valence-electron chi connectivity index (χ0n) is 15.3. The normalized spacial score (nSPS) is 19.0. The highest BCUT2D eigenvalue weighted by Crippen LogP contribution is 2.29. The third-order valence-corrected chi connectivity index (χ3v) is 6.10. The van der Waals surface area contributed by atoms with Crippen molar-refractivity contribution >= 4 is 15.7 Å². The summed E-state index contributed by atoms with van der Waals surface area (Å²) in [5, 5.41) is 0. The van der Waals surface area contributed by atoms with Gasteiger partial charge in [-0.1, -0.05) is 19.9 Å². The molecule has 0 aromatic heterocycles. The van der Waals surface area contributed by atoms with Crippen LogP contribution in [-0.4, -0.2) is 51.0 Å². The van der Waals surface area contributed by atoms with Crippen LogP contribution in [0.2, 0.25) is 0 Å². The Balaban J connectivity index is 2.25. The van der Waals surface area contributed by atoms with Crippen molar-refractivity contribution in [3.8, 4) is 11.5 Å². The molecule has 1 fully saturated rings. The highest BCUT2D eigenvalue weighted by Gasteiger charge is 2.34. The second kappa shape index (κ2) is 8.08. The second-order valence-corrected chi connectivity index (χ2v) is 9.09. The molecule has 1 amide bonds. The Hall–Kier alpha value is -1.76. The highest BCUT2D eigenvalue weighted by molar-refractivity contribution is 7.91. The molecule has 0 spiro atoms. The molecule has 1 unspecified atom stereocenters. The lowest BCUT2D eigenvalue weighted by Gasteiger charge is -2.29. The monoisotopic (exact) mass is 369 g/mol. The molecule has 1 aliphatic rings. The first kappa shape index (κ1) is 19.6. The number of rotatable bonds is 7. The molecule has 0 N–H and O–H groups in total. The van der Waals surface area contributed by atoms with Crippen molar-refractivity contribution in [1.82, 2.24) is 4.90 Å². The lowest BCUT2D eigenvalue weighted by Crippen LogP contribution is -2.41. The van der Waals surface area contributed by atoms with Crippen LogP contribution < -0.4 is 9.47 Å². The molecule has 1 saturated heterocycles. The van der Waals surface area contributed by atoms with Crippen LogP contribution in [0.4, 0.5) is 0 Å². The third-order valence-electron chi connectivity index (χ3n) is 4.35. The second-order valence-electron chi connectivity index (χ2n) is 6.87. The van der Waals surface area contributed by atoms with Gasteiger partial charge in [-0.05, 0) is 30.0 Å². The van der Waals surface area contributed by atoms with Gasteiger partial charge in [0.05, 0.1) is 25.7 Å². The molecule has 6 nitrogen and oxygen atoms in total. The highest BCUT2D eigenvalue weighted by atomic mass is 32.2. The minimum Gasteiger partial charge on any atom is -0.493 e. The summed E-state index contributed by atoms with van der Waals surface area (Å²) in [5.74, 6) is 1.62. The molecule has 7 heteroatoms. The smallest absolute Gasteiger partial charge is 0.223 e. The van der Waals surface area contributed by atoms with Gasteiger partial charge in [-0.15, -0.1) is 0 Å². The minimum absolute atomic E-state index is 0.00751. The average Bonchev–Trinajstić information content (AvgIpc) is 2.91. The van der Waals surface area contributed by atoms with Crippen LogP contribution in [0.3, 0.4) is 0 Å². The van der Waals surface area contributed by atoms with Gasteiger partial charge < -0.3 is 14.4 Å². The van der Waals surface area contributed by atoms with E-state index in [2.05, 4.69) is 0 Å². The fourth-order valence-corrected chi connectivity index (χ4v) is 4.81. The first-order valence-electron chi connectivity index (χ1n) is 8.46. The topological polar surface area (TPSA) is 72.9 Å². The first-order chi connectivity index (χ1) is 11.8. The Kier molecular flexibility index (Phi) is 6.32. The van der Waals surface area contributed by atoms with E-state index in [-0.39, 0.29) is 29.4 Å². The van der Waals surface area contributed by atoms with Crippen molar-refractivity contribution in [3.63, 3.8) is 0 Å². The molecular weight excluding hydrogens is 342 g/mol. The zero-order chi connectivity index (χ0) is 18.6. The van der Waals surface area contributed by atoms with E-state index in [9.17, 15) is 13.2 Å². The molecule has 1 aromatic rings. The van der Waals surface area contributed by atoms with E-state index >= 15 is 0 Å². The average molecular weight is 369 g/mol. The van der Waals surface area contributed by atoms with Gasteiger partial charge in [0.2, 0.25) is 5.91 Å². The lowest BCUT2D eigenvalue weighted by molar-refractivity contribution is -0.134. The van der Waals surface area contributed by atoms with E-state index in [4.69, 9.17) is 9.47 Å². The van der Waals surface area contributed by atoms with E-state index in [1.165, 1.54) is 0 Å². The molecular formula is C18H27NO5S. The number of benzene rings is 1. The number of sulfone groups is 1. The van der Waals surface area contributed by atoms with Crippen LogP contribution in [0.1, 0.15) is 32.3 Å². The number of nitrogens with zero attached hydrogens (tertiary/aromatic N) is 1. The van der Waals surface area contributed by atoms with Gasteiger partial charge in [0.15, 0.2) is 21.3 Å². The Morgan fingerprint density at radius 1 is 1.24 bits per heavy atom. The molecule has 1 aliphatic heterocycles. The molecule has 1 atom stereocenters. The summed E-state index contributed by atoms with van der Waals surface area (Å²) < 4.78 is 34.3. The maximum atomic E-state index is 12.7. The van der Waals surface area contributed by atoms with Crippen molar-refractivity contribution in [2.24, 2.45) is 5.92 Å². The summed E-state index contributed by atoms with van der Waals surface area (Å²) in [6.07, 6.45) is 0.906. The van der Waals surface area contributed by atoms with E-state index in [0.717, 1.165) is 5.56 Å². The van der Waals surface area contributed by atoms with E-state index in [0.29, 0.717) is 30.9 Å². The Labute approximate surface area is 150 Å². The number of methoxy groups -OCH3 is 2. The molecule has 0 radical (unpaired) electrons. The molecule has 0 bridgehead atoms. The standard InChI is InChI=1S/C18H27NO5S/c1-13(2)9-18(20)19(15-7-8-25(21,22)12-15)11-14-5-6-16(23-3)17(10-14)24-4/h5-6,10,13,15H,7-9,11-12H2,1-4H3. The van der Waals surface area contributed by atoms with Crippen LogP contribution in [0.15, 0.2) is 18.2 Å². The summed E-state index contributed by atoms with van der Waals surface area (Å²) in [5.41, 5.74) is 0.888. The molecule has 0 saturated carbocycles. The molecule has 25 heavy (non-hydrogen) atoms. The summed E-state index contributed by atoms with van der Waals surface area (Å²) in [4.78, 5) is 14.4. The third kappa shape index (κ3) is 5.11. The quantitative estimate of drug-likeness (QED) is 0.737. The lowest BCUT2D eigenvalue weighted by atomic mass is 10.1. The van der Waals surface area contributed by atoms with Crippen LogP contribution in [-0.2, 0) is 21.2 Å². The predicted octanol–water partition coefficient (Wildman–Crippen LogP) is 2.27. The fraction of sp³-hybridized carbons (Fsp3) is 0.611. The minimum atomic E-state index is -3.06. The molecule has 1 heterocycles. The first-order valence-corrected chi connectivity index (χ1v) is 10.3. The number of ether oxygens (including phenoxy) is 2. The van der Waals surface area contributed by atoms with Crippen LogP contribution in [0.5, 0.6) is 11.5 Å². The van der Waals surface area contributed by atoms with Gasteiger partial charge >= 0.3 is 0 Å². The van der Waals surface area contributed by atoms with Gasteiger partial charge in [-0.25, -0.2) is 8.42 Å². The number of carbonyl (C=O) groups excluding carboxylic acids is 1. The Morgan fingerprint density at radius 2 is 1.92 bits per heavy atom. The number of amides is 1. The van der Waals surface area contributed by atoms with Gasteiger partial charge in [0, 0.05) is 19.0 Å². The SMILES string of the molecule is COc1ccc(CN(C(=O)CC(C)C)C2CCS(=O)(=O)C2)cc1OC. The van der Waals surface area contributed by atoms with Crippen molar-refractivity contribution in [2.75, 3.05) is 25.7 Å². The van der Waals surface area contributed by atoms with Crippen LogP contribution >= 0.6 is 0 Å². The maximum Gasteiger partial charge on any atom is 0.223 e. The van der Waals surface area contributed by atoms with E-state index in [1.54, 1.807) is 25.2 Å². The fourth-order valence-electron chi connectivity index (χ4n) is 3.08. The van der Waals surface area contributed by atoms with Gasteiger partial charge in [0.1, 0.15) is 0 Å². The zero-order valence-corrected chi connectivity index (χ0v) is 16.1. The number of carbonyl (C=O) groups is 1. The van der Waals surface area contributed by atoms with Crippen molar-refractivity contribution in [2.45, 2.75) is 39.3 Å². The molecule has 2 rings (SSSR count). The van der Waals surface area contributed by atoms with E-state index in [1.807, 2.05) is 26.0 Å². The molecule has 1 aromatic carbocycles. The van der Waals surface area contributed by atoms with Gasteiger partial charge in [0.25, 0.3) is 0 Å². The predicted molar refractivity (Wildman–Crippen MR) is 96.6 cm³/mol. The number of hydrogen-bond acceptors (Lipinski definition) is 5. The number of hydrogen-bond donors (Lipinski definition) is 0. The molecule has 0 aliphatic carbocycles. The Bertz CT molecular complexity index is 714. The maximum absolute atomic E-state index is 12.7.